The van der Waals surface area contributed by atoms with Crippen molar-refractivity contribution in [2.24, 2.45) is 0 Å². The van der Waals surface area contributed by atoms with Crippen LogP contribution in [0.2, 0.25) is 0 Å². The number of carboxylic acid groups (broad SMARTS) is 1. The maximum atomic E-state index is 12.9. The van der Waals surface area contributed by atoms with Gasteiger partial charge in [-0.1, -0.05) is 304 Å². The molecule has 0 spiro atoms. The quantitative estimate of drug-likeness (QED) is 0.0211. The molecular formula is C86H136NO8+. The predicted octanol–water partition coefficient (Wildman–Crippen LogP) is 23.9. The molecule has 0 aromatic rings. The van der Waals surface area contributed by atoms with Crippen LogP contribution in [0.3, 0.4) is 0 Å². The number of allylic oxidation sites excluding steroid dienone is 34. The Hall–Kier alpha value is -6.13. The fourth-order valence-electron chi connectivity index (χ4n) is 9.43. The van der Waals surface area contributed by atoms with Crippen LogP contribution in [0, 0.1) is 0 Å². The molecule has 1 N–H and O–H groups in total. The van der Waals surface area contributed by atoms with Gasteiger partial charge >= 0.3 is 17.9 Å². The van der Waals surface area contributed by atoms with E-state index < -0.39 is 24.3 Å². The van der Waals surface area contributed by atoms with Gasteiger partial charge < -0.3 is 28.5 Å². The lowest BCUT2D eigenvalue weighted by atomic mass is 10.0. The van der Waals surface area contributed by atoms with Gasteiger partial charge in [0.15, 0.2) is 6.10 Å². The number of rotatable bonds is 66. The SMILES string of the molecule is CC/C=C\C/C=C\C/C=C\C/C=C\C/C=C\C/C=C\C/C=C\C/C=C\C/C=C\C/C=C\C/C=C\C/C=C\CCCCC(=O)OC(COC(=O)CCCCCCCCCCCCCCCCC/C=C\C/C=C\C/C=C\C/C=C\C/C=C\CC)COC(OCC[N+](C)(C)C)C(=O)O. The molecule has 0 aromatic carbocycles. The van der Waals surface area contributed by atoms with E-state index in [1.807, 2.05) is 21.1 Å². The third-order valence-corrected chi connectivity index (χ3v) is 15.0. The molecule has 0 saturated heterocycles. The first-order valence-corrected chi connectivity index (χ1v) is 37.2. The van der Waals surface area contributed by atoms with E-state index >= 15 is 0 Å². The molecular weight excluding hydrogens is 1170 g/mol. The van der Waals surface area contributed by atoms with Crippen molar-refractivity contribution in [1.82, 2.24) is 0 Å². The summed E-state index contributed by atoms with van der Waals surface area (Å²) in [7, 11) is 5.95. The van der Waals surface area contributed by atoms with Crippen molar-refractivity contribution in [2.75, 3.05) is 47.5 Å². The lowest BCUT2D eigenvalue weighted by molar-refractivity contribution is -0.870. The van der Waals surface area contributed by atoms with E-state index in [2.05, 4.69) is 220 Å². The predicted molar refractivity (Wildman–Crippen MR) is 409 cm³/mol. The van der Waals surface area contributed by atoms with E-state index in [0.29, 0.717) is 17.4 Å². The molecule has 0 heterocycles. The van der Waals surface area contributed by atoms with Crippen LogP contribution in [0.15, 0.2) is 207 Å². The molecule has 9 nitrogen and oxygen atoms in total. The van der Waals surface area contributed by atoms with Gasteiger partial charge in [-0.05, 0) is 148 Å². The Balaban J connectivity index is 4.24. The normalized spacial score (nSPS) is 13.9. The number of likely N-dealkylation sites (N-methyl/N-ethyl adjacent to an activating group) is 1. The van der Waals surface area contributed by atoms with Crippen LogP contribution < -0.4 is 0 Å². The average molecular weight is 1310 g/mol. The van der Waals surface area contributed by atoms with E-state index in [0.717, 1.165) is 141 Å². The van der Waals surface area contributed by atoms with Crippen LogP contribution in [0.4, 0.5) is 0 Å². The minimum atomic E-state index is -1.54. The van der Waals surface area contributed by atoms with Crippen molar-refractivity contribution < 1.29 is 42.9 Å². The molecule has 0 fully saturated rings. The summed E-state index contributed by atoms with van der Waals surface area (Å²) in [6.07, 6.45) is 112. The Morgan fingerprint density at radius 2 is 0.568 bits per heavy atom. The third kappa shape index (κ3) is 75.1. The minimum absolute atomic E-state index is 0.168. The number of carboxylic acids is 1. The molecule has 0 aliphatic carbocycles. The Bertz CT molecular complexity index is 2320. The van der Waals surface area contributed by atoms with Gasteiger partial charge in [-0.3, -0.25) is 9.59 Å². The first-order chi connectivity index (χ1) is 46.6. The number of quaternary nitrogens is 1. The zero-order valence-corrected chi connectivity index (χ0v) is 60.7. The first kappa shape index (κ1) is 88.9. The number of ether oxygens (including phenoxy) is 4. The zero-order chi connectivity index (χ0) is 69.0. The number of hydrogen-bond acceptors (Lipinski definition) is 7. The number of carbonyl (C=O) groups is 3. The number of esters is 2. The zero-order valence-electron chi connectivity index (χ0n) is 60.7. The van der Waals surface area contributed by atoms with Crippen LogP contribution >= 0.6 is 0 Å². The molecule has 95 heavy (non-hydrogen) atoms. The smallest absolute Gasteiger partial charge is 0.361 e. The van der Waals surface area contributed by atoms with Crippen LogP contribution in [-0.2, 0) is 33.3 Å². The van der Waals surface area contributed by atoms with Crippen LogP contribution in [-0.4, -0.2) is 87.4 Å². The Kier molecular flexibility index (Phi) is 68.9. The Labute approximate surface area is 582 Å². The summed E-state index contributed by atoms with van der Waals surface area (Å²) in [5.41, 5.74) is 0. The number of aliphatic carboxylic acids is 1. The number of nitrogens with zero attached hydrogens (tertiary/aromatic N) is 1. The molecule has 9 heteroatoms. The largest absolute Gasteiger partial charge is 0.477 e. The second-order valence-electron chi connectivity index (χ2n) is 25.1. The fourth-order valence-corrected chi connectivity index (χ4v) is 9.43. The van der Waals surface area contributed by atoms with Crippen LogP contribution in [0.5, 0.6) is 0 Å². The van der Waals surface area contributed by atoms with Crippen molar-refractivity contribution in [3.63, 3.8) is 0 Å². The summed E-state index contributed by atoms with van der Waals surface area (Å²) in [6.45, 7) is 4.58. The summed E-state index contributed by atoms with van der Waals surface area (Å²) < 4.78 is 22.9. The number of carbonyl (C=O) groups excluding carboxylic acids is 2. The van der Waals surface area contributed by atoms with Gasteiger partial charge in [-0.25, -0.2) is 4.79 Å². The van der Waals surface area contributed by atoms with Crippen LogP contribution in [0.25, 0.3) is 0 Å². The van der Waals surface area contributed by atoms with Crippen molar-refractivity contribution in [3.8, 4) is 0 Å². The first-order valence-electron chi connectivity index (χ1n) is 37.2. The molecule has 0 bridgehead atoms. The lowest BCUT2D eigenvalue weighted by Crippen LogP contribution is -2.40. The number of hydrogen-bond donors (Lipinski definition) is 1. The number of unbranched alkanes of at least 4 members (excludes halogenated alkanes) is 17. The van der Waals surface area contributed by atoms with E-state index in [4.69, 9.17) is 18.9 Å². The standard InChI is InChI=1S/C86H135NO8/c1-6-8-10-12-14-16-18-20-22-24-26-28-30-32-34-36-38-39-40-41-42-43-44-45-47-49-51-53-55-57-59-61-63-65-67-69-71-73-75-77-84(89)95-82(81-94-86(85(90)91)92-79-78-87(3,4)5)80-93-83(88)76-74-72-70-68-66-64-62-60-58-56-54-52-50-48-46-37-35-33-31-29-27-25-23-21-19-17-15-13-11-9-7-2/h8-11,14-17,20-23,26-29,32-35,38-39,41-42,44-45,49,51,55,57,61,63,67,69,82,86H,6-7,12-13,18-19,24-25,30-31,36-37,40,43,46-48,50,52-54,56,58-60,62,64-66,68,70-81H2,1-5H3/p+1/b10-8-,11-9-,16-14-,17-15-,22-20-,23-21-,28-26-,29-27-,34-32-,35-33-,39-38-,42-41-,45-44-,51-49-,57-55-,63-61-,69-67-. The van der Waals surface area contributed by atoms with Gasteiger partial charge in [0.05, 0.1) is 34.4 Å². The molecule has 2 atom stereocenters. The highest BCUT2D eigenvalue weighted by Gasteiger charge is 2.25. The Morgan fingerprint density at radius 3 is 0.863 bits per heavy atom. The summed E-state index contributed by atoms with van der Waals surface area (Å²) >= 11 is 0. The van der Waals surface area contributed by atoms with Gasteiger partial charge in [-0.15, -0.1) is 0 Å². The third-order valence-electron chi connectivity index (χ3n) is 15.0. The van der Waals surface area contributed by atoms with Crippen LogP contribution in [0.1, 0.15) is 258 Å². The molecule has 0 aliphatic rings. The monoisotopic (exact) mass is 1310 g/mol. The summed E-state index contributed by atoms with van der Waals surface area (Å²) in [5, 5.41) is 9.76. The molecule has 0 rings (SSSR count). The summed E-state index contributed by atoms with van der Waals surface area (Å²) in [5.74, 6) is -2.08. The van der Waals surface area contributed by atoms with Crippen molar-refractivity contribution in [2.45, 2.75) is 270 Å². The molecule has 0 aliphatic heterocycles. The highest BCUT2D eigenvalue weighted by molar-refractivity contribution is 5.71. The van der Waals surface area contributed by atoms with E-state index in [1.165, 1.54) is 83.5 Å². The molecule has 2 unspecified atom stereocenters. The van der Waals surface area contributed by atoms with Gasteiger partial charge in [0.1, 0.15) is 13.2 Å². The maximum absolute atomic E-state index is 12.9. The molecule has 0 radical (unpaired) electrons. The molecule has 0 saturated carbocycles. The van der Waals surface area contributed by atoms with Crippen molar-refractivity contribution in [3.05, 3.63) is 207 Å². The lowest BCUT2D eigenvalue weighted by Gasteiger charge is -2.25. The van der Waals surface area contributed by atoms with Gasteiger partial charge in [0.2, 0.25) is 0 Å². The van der Waals surface area contributed by atoms with Gasteiger partial charge in [0.25, 0.3) is 6.29 Å². The van der Waals surface area contributed by atoms with Crippen molar-refractivity contribution >= 4 is 17.9 Å². The molecule has 0 aromatic heterocycles. The second-order valence-corrected chi connectivity index (χ2v) is 25.1. The Morgan fingerprint density at radius 1 is 0.316 bits per heavy atom. The molecule has 532 valence electrons. The van der Waals surface area contributed by atoms with E-state index in [9.17, 15) is 19.5 Å². The highest BCUT2D eigenvalue weighted by Crippen LogP contribution is 2.16. The fraction of sp³-hybridized carbons (Fsp3) is 0.570. The highest BCUT2D eigenvalue weighted by atomic mass is 16.7. The average Bonchev–Trinajstić information content (AvgIpc) is 2.92. The van der Waals surface area contributed by atoms with E-state index in [1.54, 1.807) is 0 Å². The van der Waals surface area contributed by atoms with E-state index in [-0.39, 0.29) is 38.6 Å². The summed E-state index contributed by atoms with van der Waals surface area (Å²) in [4.78, 5) is 37.7. The van der Waals surface area contributed by atoms with Gasteiger partial charge in [-0.2, -0.15) is 0 Å². The summed E-state index contributed by atoms with van der Waals surface area (Å²) in [6, 6.07) is 0. The topological polar surface area (TPSA) is 108 Å². The van der Waals surface area contributed by atoms with Crippen molar-refractivity contribution in [1.29, 1.82) is 0 Å². The molecule has 0 amide bonds. The second kappa shape index (κ2) is 73.7. The maximum Gasteiger partial charge on any atom is 0.361 e. The minimum Gasteiger partial charge on any atom is -0.477 e. The van der Waals surface area contributed by atoms with Gasteiger partial charge in [0, 0.05) is 12.8 Å².